The fourth-order valence-electron chi connectivity index (χ4n) is 2.46. The molecule has 0 aromatic heterocycles. The van der Waals surface area contributed by atoms with E-state index in [0.717, 1.165) is 5.56 Å². The summed E-state index contributed by atoms with van der Waals surface area (Å²) in [5, 5.41) is 4.88. The first-order chi connectivity index (χ1) is 9.89. The Morgan fingerprint density at radius 1 is 1.19 bits per heavy atom. The number of benzene rings is 1. The molecule has 0 saturated carbocycles. The molecule has 6 nitrogen and oxygen atoms in total. The van der Waals surface area contributed by atoms with Gasteiger partial charge in [-0.3, -0.25) is 4.18 Å². The van der Waals surface area contributed by atoms with Crippen molar-refractivity contribution >= 4 is 10.3 Å². The van der Waals surface area contributed by atoms with Crippen LogP contribution in [0, 0.1) is 0 Å². The van der Waals surface area contributed by atoms with Gasteiger partial charge >= 0.3 is 10.3 Å². The third kappa shape index (κ3) is 4.02. The van der Waals surface area contributed by atoms with E-state index in [1.54, 1.807) is 0 Å². The molecule has 1 heterocycles. The van der Waals surface area contributed by atoms with Gasteiger partial charge in [0.05, 0.1) is 6.61 Å². The summed E-state index contributed by atoms with van der Waals surface area (Å²) >= 11 is 0. The second-order valence-corrected chi connectivity index (χ2v) is 6.22. The Kier molecular flexibility index (Phi) is 5.00. The molecule has 2 rings (SSSR count). The van der Waals surface area contributed by atoms with Gasteiger partial charge in [-0.05, 0) is 18.4 Å². The van der Waals surface area contributed by atoms with Crippen LogP contribution in [0.1, 0.15) is 38.4 Å². The van der Waals surface area contributed by atoms with Crippen LogP contribution in [-0.2, 0) is 24.0 Å². The molecule has 0 radical (unpaired) electrons. The maximum absolute atomic E-state index is 11.0. The number of hydrogen-bond donors (Lipinski definition) is 1. The van der Waals surface area contributed by atoms with E-state index < -0.39 is 22.2 Å². The van der Waals surface area contributed by atoms with E-state index in [2.05, 4.69) is 0 Å². The highest BCUT2D eigenvalue weighted by Crippen LogP contribution is 2.42. The van der Waals surface area contributed by atoms with Crippen molar-refractivity contribution in [1.29, 1.82) is 0 Å². The van der Waals surface area contributed by atoms with E-state index in [1.807, 2.05) is 44.2 Å². The zero-order chi connectivity index (χ0) is 15.5. The van der Waals surface area contributed by atoms with Crippen molar-refractivity contribution in [3.05, 3.63) is 35.9 Å². The average molecular weight is 315 g/mol. The lowest BCUT2D eigenvalue weighted by Gasteiger charge is -2.25. The Hall–Kier alpha value is -0.990. The molecular formula is C14H21NO5S. The molecule has 1 aliphatic rings. The second kappa shape index (κ2) is 6.41. The molecule has 21 heavy (non-hydrogen) atoms. The topological polar surface area (TPSA) is 87.9 Å². The van der Waals surface area contributed by atoms with E-state index in [-0.39, 0.29) is 12.7 Å². The van der Waals surface area contributed by atoms with Crippen LogP contribution >= 0.6 is 0 Å². The molecule has 2 N–H and O–H groups in total. The lowest BCUT2D eigenvalue weighted by molar-refractivity contribution is -0.181. The fourth-order valence-corrected chi connectivity index (χ4v) is 2.79. The molecule has 1 saturated heterocycles. The maximum atomic E-state index is 11.0. The molecule has 2 atom stereocenters. The van der Waals surface area contributed by atoms with Crippen molar-refractivity contribution in [2.45, 2.75) is 44.7 Å². The van der Waals surface area contributed by atoms with Gasteiger partial charge < -0.3 is 9.47 Å². The van der Waals surface area contributed by atoms with Gasteiger partial charge in [0.1, 0.15) is 12.2 Å². The molecule has 0 amide bonds. The van der Waals surface area contributed by atoms with E-state index in [4.69, 9.17) is 18.8 Å². The standard InChI is InChI=1S/C14H21NO5S/c1-3-14(4-2)19-12(10-18-21(15,16)17)13(20-14)11-8-6-5-7-9-11/h5-9,12-13H,3-4,10H2,1-2H3,(H2,15,16,17)/t12-,13-/m0/s1. The van der Waals surface area contributed by atoms with E-state index in [0.29, 0.717) is 12.8 Å². The first kappa shape index (κ1) is 16.4. The predicted octanol–water partition coefficient (Wildman–Crippen LogP) is 1.88. The van der Waals surface area contributed by atoms with Gasteiger partial charge in [0.2, 0.25) is 0 Å². The zero-order valence-electron chi connectivity index (χ0n) is 12.2. The van der Waals surface area contributed by atoms with E-state index in [9.17, 15) is 8.42 Å². The second-order valence-electron chi connectivity index (χ2n) is 5.00. The van der Waals surface area contributed by atoms with Gasteiger partial charge in [0.15, 0.2) is 5.79 Å². The Balaban J connectivity index is 2.22. The molecular weight excluding hydrogens is 294 g/mol. The number of hydrogen-bond acceptors (Lipinski definition) is 5. The van der Waals surface area contributed by atoms with Gasteiger partial charge in [0.25, 0.3) is 0 Å². The Morgan fingerprint density at radius 3 is 2.33 bits per heavy atom. The quantitative estimate of drug-likeness (QED) is 0.866. The van der Waals surface area contributed by atoms with Gasteiger partial charge in [-0.2, -0.15) is 8.42 Å². The van der Waals surface area contributed by atoms with Crippen LogP contribution < -0.4 is 5.14 Å². The van der Waals surface area contributed by atoms with Crippen LogP contribution in [0.5, 0.6) is 0 Å². The average Bonchev–Trinajstić information content (AvgIpc) is 2.85. The summed E-state index contributed by atoms with van der Waals surface area (Å²) in [5.41, 5.74) is 0.921. The van der Waals surface area contributed by atoms with Gasteiger partial charge in [-0.1, -0.05) is 44.2 Å². The molecule has 0 spiro atoms. The smallest absolute Gasteiger partial charge is 0.333 e. The Morgan fingerprint density at radius 2 is 1.81 bits per heavy atom. The van der Waals surface area contributed by atoms with Gasteiger partial charge in [-0.25, -0.2) is 5.14 Å². The van der Waals surface area contributed by atoms with Gasteiger partial charge in [0, 0.05) is 0 Å². The molecule has 0 bridgehead atoms. The van der Waals surface area contributed by atoms with Crippen molar-refractivity contribution in [3.8, 4) is 0 Å². The summed E-state index contributed by atoms with van der Waals surface area (Å²) in [4.78, 5) is 0. The minimum Gasteiger partial charge on any atom is -0.341 e. The summed E-state index contributed by atoms with van der Waals surface area (Å²) < 4.78 is 38.7. The third-order valence-electron chi connectivity index (χ3n) is 3.65. The highest BCUT2D eigenvalue weighted by Gasteiger charge is 2.46. The van der Waals surface area contributed by atoms with E-state index in [1.165, 1.54) is 0 Å². The van der Waals surface area contributed by atoms with Crippen molar-refractivity contribution in [1.82, 2.24) is 0 Å². The van der Waals surface area contributed by atoms with Crippen molar-refractivity contribution in [2.75, 3.05) is 6.61 Å². The SMILES string of the molecule is CCC1(CC)O[C@@H](COS(N)(=O)=O)[C@H](c2ccccc2)O1. The summed E-state index contributed by atoms with van der Waals surface area (Å²) in [5.74, 6) is -0.715. The Bertz CT molecular complexity index is 556. The van der Waals surface area contributed by atoms with Crippen LogP contribution in [-0.4, -0.2) is 26.9 Å². The normalized spacial score (nSPS) is 25.1. The van der Waals surface area contributed by atoms with Crippen LogP contribution in [0.3, 0.4) is 0 Å². The molecule has 118 valence electrons. The summed E-state index contributed by atoms with van der Waals surface area (Å²) in [7, 11) is -4.00. The van der Waals surface area contributed by atoms with Crippen molar-refractivity contribution in [2.24, 2.45) is 5.14 Å². The molecule has 1 aromatic rings. The summed E-state index contributed by atoms with van der Waals surface area (Å²) in [6.45, 7) is 3.77. The number of nitrogens with two attached hydrogens (primary N) is 1. The third-order valence-corrected chi connectivity index (χ3v) is 4.11. The first-order valence-electron chi connectivity index (χ1n) is 6.97. The molecule has 1 fully saturated rings. The summed E-state index contributed by atoms with van der Waals surface area (Å²) in [6.07, 6.45) is 0.427. The van der Waals surface area contributed by atoms with Gasteiger partial charge in [-0.15, -0.1) is 0 Å². The van der Waals surface area contributed by atoms with Crippen LogP contribution in [0.25, 0.3) is 0 Å². The molecule has 1 aliphatic heterocycles. The molecule has 0 unspecified atom stereocenters. The predicted molar refractivity (Wildman–Crippen MR) is 77.5 cm³/mol. The monoisotopic (exact) mass is 315 g/mol. The lowest BCUT2D eigenvalue weighted by atomic mass is 10.1. The first-order valence-corrected chi connectivity index (χ1v) is 8.44. The van der Waals surface area contributed by atoms with Crippen LogP contribution in [0.4, 0.5) is 0 Å². The summed E-state index contributed by atoms with van der Waals surface area (Å²) in [6, 6.07) is 9.53. The fraction of sp³-hybridized carbons (Fsp3) is 0.571. The number of rotatable bonds is 6. The molecule has 7 heteroatoms. The van der Waals surface area contributed by atoms with E-state index >= 15 is 0 Å². The molecule has 0 aliphatic carbocycles. The maximum Gasteiger partial charge on any atom is 0.333 e. The molecule has 1 aromatic carbocycles. The highest BCUT2D eigenvalue weighted by molar-refractivity contribution is 7.84. The van der Waals surface area contributed by atoms with Crippen molar-refractivity contribution < 1.29 is 22.1 Å². The van der Waals surface area contributed by atoms with Crippen LogP contribution in [0.2, 0.25) is 0 Å². The zero-order valence-corrected chi connectivity index (χ0v) is 13.0. The Labute approximate surface area is 125 Å². The minimum absolute atomic E-state index is 0.167. The minimum atomic E-state index is -4.00. The van der Waals surface area contributed by atoms with Crippen molar-refractivity contribution in [3.63, 3.8) is 0 Å². The lowest BCUT2D eigenvalue weighted by Crippen LogP contribution is -2.31. The number of ether oxygens (including phenoxy) is 2. The highest BCUT2D eigenvalue weighted by atomic mass is 32.2. The largest absolute Gasteiger partial charge is 0.341 e. The van der Waals surface area contributed by atoms with Crippen LogP contribution in [0.15, 0.2) is 30.3 Å².